The van der Waals surface area contributed by atoms with Crippen molar-refractivity contribution in [3.63, 3.8) is 0 Å². The van der Waals surface area contributed by atoms with Crippen LogP contribution in [0.15, 0.2) is 24.3 Å². The van der Waals surface area contributed by atoms with E-state index in [1.54, 1.807) is 4.63 Å². The Morgan fingerprint density at radius 2 is 1.63 bits per heavy atom. The number of halogens is 1. The SMILES string of the molecule is CCCCCCCCCCCCCCCc1cccc(OC(CC)C(=O)NCC(C)c2nc3c(Cl)c(C)[nH]n3n2)c1. The zero-order chi connectivity index (χ0) is 29.5. The maximum absolute atomic E-state index is 12.9. The number of unbranched alkanes of at least 4 members (excludes halogenated alkanes) is 12. The van der Waals surface area contributed by atoms with Crippen LogP contribution in [0.4, 0.5) is 0 Å². The summed E-state index contributed by atoms with van der Waals surface area (Å²) in [7, 11) is 0. The first kappa shape index (κ1) is 33.0. The van der Waals surface area contributed by atoms with E-state index in [1.165, 1.54) is 89.0 Å². The summed E-state index contributed by atoms with van der Waals surface area (Å²) >= 11 is 6.28. The standard InChI is InChI=1S/C33H52ClN5O2/c1-5-7-8-9-10-11-12-13-14-15-16-17-18-20-27-21-19-22-28(23-27)41-29(6-2)33(40)35-24-25(3)31-36-32-30(34)26(4)37-39(32)38-31/h19,21-23,25,29,37H,5-18,20,24H2,1-4H3,(H,35,40). The fourth-order valence-corrected chi connectivity index (χ4v) is 5.36. The third-order valence-electron chi connectivity index (χ3n) is 7.85. The lowest BCUT2D eigenvalue weighted by atomic mass is 10.0. The van der Waals surface area contributed by atoms with Gasteiger partial charge in [0.25, 0.3) is 5.91 Å². The van der Waals surface area contributed by atoms with Crippen LogP contribution in [0, 0.1) is 6.92 Å². The molecule has 228 valence electrons. The summed E-state index contributed by atoms with van der Waals surface area (Å²) in [5.41, 5.74) is 2.70. The van der Waals surface area contributed by atoms with Crippen molar-refractivity contribution < 1.29 is 9.53 Å². The number of ether oxygens (including phenoxy) is 1. The molecule has 0 fully saturated rings. The van der Waals surface area contributed by atoms with Gasteiger partial charge in [0, 0.05) is 12.5 Å². The van der Waals surface area contributed by atoms with E-state index in [1.807, 2.05) is 32.9 Å². The predicted octanol–water partition coefficient (Wildman–Crippen LogP) is 8.73. The van der Waals surface area contributed by atoms with E-state index in [-0.39, 0.29) is 11.8 Å². The Labute approximate surface area is 252 Å². The van der Waals surface area contributed by atoms with Crippen molar-refractivity contribution in [2.75, 3.05) is 6.54 Å². The van der Waals surface area contributed by atoms with Gasteiger partial charge in [0.15, 0.2) is 17.6 Å². The van der Waals surface area contributed by atoms with Gasteiger partial charge in [-0.05, 0) is 43.9 Å². The molecule has 0 aliphatic carbocycles. The highest BCUT2D eigenvalue weighted by molar-refractivity contribution is 6.34. The molecule has 0 aliphatic heterocycles. The lowest BCUT2D eigenvalue weighted by Gasteiger charge is -2.19. The smallest absolute Gasteiger partial charge is 0.261 e. The van der Waals surface area contributed by atoms with E-state index in [0.717, 1.165) is 17.9 Å². The molecule has 2 atom stereocenters. The number of aryl methyl sites for hydroxylation is 2. The number of benzene rings is 1. The second-order valence-electron chi connectivity index (χ2n) is 11.6. The van der Waals surface area contributed by atoms with Crippen LogP contribution in [0.2, 0.25) is 5.02 Å². The Bertz CT molecular complexity index is 1170. The number of amides is 1. The molecule has 2 unspecified atom stereocenters. The average molecular weight is 586 g/mol. The van der Waals surface area contributed by atoms with Crippen LogP contribution in [0.5, 0.6) is 5.75 Å². The molecule has 3 aromatic rings. The highest BCUT2D eigenvalue weighted by Gasteiger charge is 2.21. The minimum absolute atomic E-state index is 0.0650. The second-order valence-corrected chi connectivity index (χ2v) is 11.9. The summed E-state index contributed by atoms with van der Waals surface area (Å²) in [6.45, 7) is 8.53. The number of fused-ring (bicyclic) bond motifs is 1. The van der Waals surface area contributed by atoms with E-state index in [0.29, 0.717) is 29.5 Å². The molecule has 0 aliphatic rings. The van der Waals surface area contributed by atoms with E-state index in [2.05, 4.69) is 39.6 Å². The summed E-state index contributed by atoms with van der Waals surface area (Å²) in [5, 5.41) is 11.1. The van der Waals surface area contributed by atoms with Crippen molar-refractivity contribution in [2.45, 2.75) is 136 Å². The van der Waals surface area contributed by atoms with Gasteiger partial charge in [-0.3, -0.25) is 9.89 Å². The Kier molecular flexibility index (Phi) is 14.5. The fourth-order valence-electron chi connectivity index (χ4n) is 5.20. The van der Waals surface area contributed by atoms with Crippen molar-refractivity contribution in [1.29, 1.82) is 0 Å². The highest BCUT2D eigenvalue weighted by Crippen LogP contribution is 2.22. The third kappa shape index (κ3) is 11.0. The normalized spacial score (nSPS) is 13.0. The molecule has 1 amide bonds. The molecule has 7 nitrogen and oxygen atoms in total. The van der Waals surface area contributed by atoms with E-state index < -0.39 is 6.10 Å². The predicted molar refractivity (Wildman–Crippen MR) is 169 cm³/mol. The molecule has 3 rings (SSSR count). The van der Waals surface area contributed by atoms with E-state index >= 15 is 0 Å². The maximum Gasteiger partial charge on any atom is 0.261 e. The summed E-state index contributed by atoms with van der Waals surface area (Å²) in [5.74, 6) is 1.19. The molecule has 0 saturated carbocycles. The Morgan fingerprint density at radius 3 is 2.24 bits per heavy atom. The van der Waals surface area contributed by atoms with Gasteiger partial charge < -0.3 is 10.1 Å². The molecular formula is C33H52ClN5O2. The highest BCUT2D eigenvalue weighted by atomic mass is 35.5. The van der Waals surface area contributed by atoms with Crippen molar-refractivity contribution in [3.05, 3.63) is 46.4 Å². The van der Waals surface area contributed by atoms with E-state index in [9.17, 15) is 4.79 Å². The maximum atomic E-state index is 12.9. The van der Waals surface area contributed by atoms with Crippen LogP contribution in [0.25, 0.3) is 5.65 Å². The topological polar surface area (TPSA) is 84.3 Å². The van der Waals surface area contributed by atoms with Gasteiger partial charge in [0.2, 0.25) is 0 Å². The number of nitrogens with one attached hydrogen (secondary N) is 2. The molecule has 2 N–H and O–H groups in total. The first-order valence-corrected chi connectivity index (χ1v) is 16.4. The van der Waals surface area contributed by atoms with Crippen LogP contribution in [0.1, 0.15) is 134 Å². The van der Waals surface area contributed by atoms with E-state index in [4.69, 9.17) is 16.3 Å². The Balaban J connectivity index is 1.32. The quantitative estimate of drug-likeness (QED) is 0.122. The molecule has 8 heteroatoms. The lowest BCUT2D eigenvalue weighted by molar-refractivity contribution is -0.128. The summed E-state index contributed by atoms with van der Waals surface area (Å²) in [4.78, 5) is 17.4. The minimum Gasteiger partial charge on any atom is -0.481 e. The van der Waals surface area contributed by atoms with Gasteiger partial charge in [-0.15, -0.1) is 5.10 Å². The molecule has 2 aromatic heterocycles. The zero-order valence-electron chi connectivity index (χ0n) is 25.8. The second kappa shape index (κ2) is 18.1. The third-order valence-corrected chi connectivity index (χ3v) is 8.31. The largest absolute Gasteiger partial charge is 0.481 e. The van der Waals surface area contributed by atoms with Crippen LogP contribution >= 0.6 is 11.6 Å². The van der Waals surface area contributed by atoms with Gasteiger partial charge >= 0.3 is 0 Å². The number of rotatable bonds is 21. The van der Waals surface area contributed by atoms with Gasteiger partial charge in [0.05, 0.1) is 5.69 Å². The molecule has 2 heterocycles. The monoisotopic (exact) mass is 585 g/mol. The average Bonchev–Trinajstić information content (AvgIpc) is 3.51. The first-order valence-electron chi connectivity index (χ1n) is 16.1. The van der Waals surface area contributed by atoms with Gasteiger partial charge in [0.1, 0.15) is 10.8 Å². The molecule has 0 radical (unpaired) electrons. The minimum atomic E-state index is -0.546. The van der Waals surface area contributed by atoms with Gasteiger partial charge in [-0.2, -0.15) is 4.63 Å². The van der Waals surface area contributed by atoms with Crippen LogP contribution in [0.3, 0.4) is 0 Å². The van der Waals surface area contributed by atoms with Crippen molar-refractivity contribution in [2.24, 2.45) is 0 Å². The van der Waals surface area contributed by atoms with Crippen molar-refractivity contribution in [3.8, 4) is 5.75 Å². The number of aromatic nitrogens is 4. The Morgan fingerprint density at radius 1 is 1.00 bits per heavy atom. The number of carbonyl (C=O) groups is 1. The van der Waals surface area contributed by atoms with Gasteiger partial charge in [-0.1, -0.05) is 122 Å². The molecule has 0 saturated heterocycles. The van der Waals surface area contributed by atoms with Crippen molar-refractivity contribution >= 4 is 23.2 Å². The fraction of sp³-hybridized carbons (Fsp3) is 0.667. The first-order chi connectivity index (χ1) is 19.9. The summed E-state index contributed by atoms with van der Waals surface area (Å²) in [6.07, 6.45) is 18.8. The molecule has 41 heavy (non-hydrogen) atoms. The molecule has 1 aromatic carbocycles. The molecule has 0 bridgehead atoms. The lowest BCUT2D eigenvalue weighted by Crippen LogP contribution is -2.39. The molecular weight excluding hydrogens is 534 g/mol. The van der Waals surface area contributed by atoms with Crippen LogP contribution < -0.4 is 10.1 Å². The summed E-state index contributed by atoms with van der Waals surface area (Å²) in [6, 6.07) is 8.21. The van der Waals surface area contributed by atoms with Crippen molar-refractivity contribution in [1.82, 2.24) is 25.1 Å². The zero-order valence-corrected chi connectivity index (χ0v) is 26.6. The Hall–Kier alpha value is -2.54. The summed E-state index contributed by atoms with van der Waals surface area (Å²) < 4.78 is 7.70. The number of aromatic amines is 1. The van der Waals surface area contributed by atoms with Crippen LogP contribution in [-0.2, 0) is 11.2 Å². The number of H-pyrrole nitrogens is 1. The van der Waals surface area contributed by atoms with Crippen LogP contribution in [-0.4, -0.2) is 38.4 Å². The number of nitrogens with zero attached hydrogens (tertiary/aromatic N) is 3. The number of hydrogen-bond acceptors (Lipinski definition) is 4. The van der Waals surface area contributed by atoms with Gasteiger partial charge in [-0.25, -0.2) is 4.98 Å². The number of carbonyl (C=O) groups excluding carboxylic acids is 1. The molecule has 0 spiro atoms. The number of hydrogen-bond donors (Lipinski definition) is 2.